The van der Waals surface area contributed by atoms with E-state index in [1.165, 1.54) is 16.3 Å². The van der Waals surface area contributed by atoms with Crippen LogP contribution in [0.15, 0.2) is 42.5 Å². The Morgan fingerprint density at radius 1 is 0.923 bits per heavy atom. The second kappa shape index (κ2) is 4.06. The Kier molecular flexibility index (Phi) is 3.04. The third-order valence-corrected chi connectivity index (χ3v) is 2.26. The van der Waals surface area contributed by atoms with Gasteiger partial charge in [-0.25, -0.2) is 0 Å². The van der Waals surface area contributed by atoms with Gasteiger partial charge in [-0.05, 0) is 22.8 Å². The van der Waals surface area contributed by atoms with Crippen molar-refractivity contribution in [2.75, 3.05) is 0 Å². The molecule has 0 saturated heterocycles. The van der Waals surface area contributed by atoms with E-state index in [1.807, 2.05) is 0 Å². The van der Waals surface area contributed by atoms with Gasteiger partial charge >= 0.3 is 0 Å². The molecule has 0 radical (unpaired) electrons. The minimum Gasteiger partial charge on any atom is -0.344 e. The highest BCUT2D eigenvalue weighted by Gasteiger charge is 1.95. The van der Waals surface area contributed by atoms with Crippen molar-refractivity contribution in [1.29, 1.82) is 0 Å². The number of hydrogen-bond donors (Lipinski definition) is 1. The van der Waals surface area contributed by atoms with Crippen LogP contribution in [0.1, 0.15) is 12.5 Å². The van der Waals surface area contributed by atoms with Crippen LogP contribution in [0.25, 0.3) is 10.8 Å². The number of fused-ring (bicyclic) bond motifs is 1. The van der Waals surface area contributed by atoms with Gasteiger partial charge in [-0.1, -0.05) is 49.4 Å². The summed E-state index contributed by atoms with van der Waals surface area (Å²) in [6.07, 6.45) is 1.11. The molecule has 0 unspecified atom stereocenters. The molecule has 2 aromatic carbocycles. The summed E-state index contributed by atoms with van der Waals surface area (Å²) in [5.41, 5.74) is 1.44. The summed E-state index contributed by atoms with van der Waals surface area (Å²) >= 11 is 0. The van der Waals surface area contributed by atoms with Gasteiger partial charge in [-0.2, -0.15) is 0 Å². The SMILES string of the molecule is CCc1cccc2ccccc12.N. The van der Waals surface area contributed by atoms with E-state index < -0.39 is 0 Å². The molecule has 1 nitrogen and oxygen atoms in total. The van der Waals surface area contributed by atoms with E-state index in [-0.39, 0.29) is 6.15 Å². The molecule has 0 bridgehead atoms. The molecule has 13 heavy (non-hydrogen) atoms. The number of hydrogen-bond acceptors (Lipinski definition) is 1. The van der Waals surface area contributed by atoms with Crippen LogP contribution < -0.4 is 6.15 Å². The fraction of sp³-hybridized carbons (Fsp3) is 0.167. The van der Waals surface area contributed by atoms with E-state index in [0.29, 0.717) is 0 Å². The minimum absolute atomic E-state index is 0. The topological polar surface area (TPSA) is 35.0 Å². The molecule has 0 saturated carbocycles. The van der Waals surface area contributed by atoms with E-state index in [1.54, 1.807) is 0 Å². The summed E-state index contributed by atoms with van der Waals surface area (Å²) in [5.74, 6) is 0. The normalized spacial score (nSPS) is 9.62. The molecule has 68 valence electrons. The Morgan fingerprint density at radius 2 is 1.62 bits per heavy atom. The van der Waals surface area contributed by atoms with E-state index in [4.69, 9.17) is 0 Å². The van der Waals surface area contributed by atoms with Crippen LogP contribution in [0, 0.1) is 0 Å². The molecule has 1 heteroatoms. The predicted molar refractivity (Wildman–Crippen MR) is 58.3 cm³/mol. The second-order valence-corrected chi connectivity index (χ2v) is 2.99. The lowest BCUT2D eigenvalue weighted by atomic mass is 10.0. The molecule has 2 aromatic rings. The van der Waals surface area contributed by atoms with Gasteiger partial charge in [0.1, 0.15) is 0 Å². The maximum absolute atomic E-state index is 2.20. The number of rotatable bonds is 1. The molecule has 3 N–H and O–H groups in total. The molecule has 0 spiro atoms. The Bertz CT molecular complexity index is 388. The average molecular weight is 173 g/mol. The Hall–Kier alpha value is -1.34. The Balaban J connectivity index is 0.000000845. The first kappa shape index (κ1) is 9.75. The lowest BCUT2D eigenvalue weighted by Gasteiger charge is -2.02. The van der Waals surface area contributed by atoms with Crippen LogP contribution in [0.5, 0.6) is 0 Å². The van der Waals surface area contributed by atoms with Crippen LogP contribution in [-0.4, -0.2) is 0 Å². The predicted octanol–water partition coefficient (Wildman–Crippen LogP) is 3.56. The van der Waals surface area contributed by atoms with Crippen LogP contribution in [0.3, 0.4) is 0 Å². The van der Waals surface area contributed by atoms with E-state index in [0.717, 1.165) is 6.42 Å². The van der Waals surface area contributed by atoms with Crippen molar-refractivity contribution in [2.45, 2.75) is 13.3 Å². The third-order valence-electron chi connectivity index (χ3n) is 2.26. The third kappa shape index (κ3) is 1.70. The van der Waals surface area contributed by atoms with Crippen molar-refractivity contribution in [2.24, 2.45) is 0 Å². The van der Waals surface area contributed by atoms with Crippen molar-refractivity contribution in [3.63, 3.8) is 0 Å². The number of aryl methyl sites for hydroxylation is 1. The van der Waals surface area contributed by atoms with E-state index in [9.17, 15) is 0 Å². The highest BCUT2D eigenvalue weighted by Crippen LogP contribution is 2.18. The highest BCUT2D eigenvalue weighted by molar-refractivity contribution is 5.85. The summed E-state index contributed by atoms with van der Waals surface area (Å²) in [4.78, 5) is 0. The van der Waals surface area contributed by atoms with Crippen LogP contribution in [0.2, 0.25) is 0 Å². The van der Waals surface area contributed by atoms with Gasteiger partial charge in [-0.15, -0.1) is 0 Å². The molecule has 0 aromatic heterocycles. The minimum atomic E-state index is 0. The Labute approximate surface area is 79.0 Å². The second-order valence-electron chi connectivity index (χ2n) is 2.99. The van der Waals surface area contributed by atoms with Crippen LogP contribution >= 0.6 is 0 Å². The first-order chi connectivity index (χ1) is 5.92. The van der Waals surface area contributed by atoms with Gasteiger partial charge < -0.3 is 6.15 Å². The number of benzene rings is 2. The van der Waals surface area contributed by atoms with Gasteiger partial charge in [0.15, 0.2) is 0 Å². The molecular weight excluding hydrogens is 158 g/mol. The van der Waals surface area contributed by atoms with Crippen LogP contribution in [-0.2, 0) is 6.42 Å². The summed E-state index contributed by atoms with van der Waals surface area (Å²) in [5, 5.41) is 2.74. The smallest absolute Gasteiger partial charge is 0.0152 e. The van der Waals surface area contributed by atoms with E-state index >= 15 is 0 Å². The van der Waals surface area contributed by atoms with Crippen molar-refractivity contribution >= 4 is 10.8 Å². The summed E-state index contributed by atoms with van der Waals surface area (Å²) in [7, 11) is 0. The molecule has 0 heterocycles. The zero-order valence-corrected chi connectivity index (χ0v) is 7.96. The summed E-state index contributed by atoms with van der Waals surface area (Å²) < 4.78 is 0. The van der Waals surface area contributed by atoms with Crippen molar-refractivity contribution in [3.8, 4) is 0 Å². The zero-order valence-electron chi connectivity index (χ0n) is 7.96. The summed E-state index contributed by atoms with van der Waals surface area (Å²) in [6, 6.07) is 15.0. The van der Waals surface area contributed by atoms with E-state index in [2.05, 4.69) is 49.4 Å². The molecule has 2 rings (SSSR count). The monoisotopic (exact) mass is 173 g/mol. The lowest BCUT2D eigenvalue weighted by Crippen LogP contribution is -1.81. The fourth-order valence-electron chi connectivity index (χ4n) is 1.60. The molecular formula is C12H15N. The average Bonchev–Trinajstić information content (AvgIpc) is 2.17. The zero-order chi connectivity index (χ0) is 8.39. The molecule has 0 aliphatic heterocycles. The maximum Gasteiger partial charge on any atom is -0.0152 e. The van der Waals surface area contributed by atoms with Gasteiger partial charge in [0.05, 0.1) is 0 Å². The van der Waals surface area contributed by atoms with Gasteiger partial charge in [0, 0.05) is 0 Å². The van der Waals surface area contributed by atoms with Crippen molar-refractivity contribution in [1.82, 2.24) is 6.15 Å². The molecule has 0 aliphatic rings. The van der Waals surface area contributed by atoms with Crippen LogP contribution in [0.4, 0.5) is 0 Å². The quantitative estimate of drug-likeness (QED) is 0.703. The standard InChI is InChI=1S/C12H12.H3N/c1-2-10-7-5-8-11-6-3-4-9-12(10)11;/h3-9H,2H2,1H3;1H3. The molecule has 0 amide bonds. The van der Waals surface area contributed by atoms with Crippen molar-refractivity contribution < 1.29 is 0 Å². The largest absolute Gasteiger partial charge is 0.344 e. The highest BCUT2D eigenvalue weighted by atomic mass is 14.0. The van der Waals surface area contributed by atoms with Gasteiger partial charge in [-0.3, -0.25) is 0 Å². The van der Waals surface area contributed by atoms with Gasteiger partial charge in [0.2, 0.25) is 0 Å². The first-order valence-corrected chi connectivity index (χ1v) is 4.38. The molecule has 0 aliphatic carbocycles. The van der Waals surface area contributed by atoms with Gasteiger partial charge in [0.25, 0.3) is 0 Å². The fourth-order valence-corrected chi connectivity index (χ4v) is 1.60. The summed E-state index contributed by atoms with van der Waals surface area (Å²) in [6.45, 7) is 2.20. The molecule has 0 atom stereocenters. The van der Waals surface area contributed by atoms with Crippen molar-refractivity contribution in [3.05, 3.63) is 48.0 Å². The Morgan fingerprint density at radius 3 is 2.38 bits per heavy atom. The molecule has 0 fully saturated rings. The lowest BCUT2D eigenvalue weighted by molar-refractivity contribution is 1.16. The maximum atomic E-state index is 2.20. The first-order valence-electron chi connectivity index (χ1n) is 4.38.